The molecule has 5 nitrogen and oxygen atoms in total. The number of nitrogens with one attached hydrogen (secondary N) is 2. The van der Waals surface area contributed by atoms with E-state index in [-0.39, 0.29) is 11.3 Å². The first-order valence-electron chi connectivity index (χ1n) is 11.3. The molecule has 0 spiro atoms. The summed E-state index contributed by atoms with van der Waals surface area (Å²) in [5, 5.41) is 6.48. The second kappa shape index (κ2) is 10.1. The molecule has 1 heterocycles. The van der Waals surface area contributed by atoms with Gasteiger partial charge in [0.05, 0.1) is 0 Å². The van der Waals surface area contributed by atoms with Crippen molar-refractivity contribution >= 4 is 11.9 Å². The maximum atomic E-state index is 11.7. The Balaban J connectivity index is 1.62. The van der Waals surface area contributed by atoms with Gasteiger partial charge in [-0.3, -0.25) is 9.79 Å². The largest absolute Gasteiger partial charge is 0.359 e. The summed E-state index contributed by atoms with van der Waals surface area (Å²) in [5.74, 6) is 1.66. The van der Waals surface area contributed by atoms with Crippen LogP contribution in [0.3, 0.4) is 0 Å². The first kappa shape index (κ1) is 21.7. The zero-order valence-corrected chi connectivity index (χ0v) is 18.5. The van der Waals surface area contributed by atoms with Gasteiger partial charge in [0.25, 0.3) is 0 Å². The first-order chi connectivity index (χ1) is 14.1. The van der Waals surface area contributed by atoms with Crippen molar-refractivity contribution in [2.75, 3.05) is 33.7 Å². The van der Waals surface area contributed by atoms with Crippen molar-refractivity contribution in [3.8, 4) is 0 Å². The van der Waals surface area contributed by atoms with E-state index in [9.17, 15) is 4.79 Å². The molecule has 29 heavy (non-hydrogen) atoms. The lowest BCUT2D eigenvalue weighted by Crippen LogP contribution is -2.50. The summed E-state index contributed by atoms with van der Waals surface area (Å²) in [6.07, 6.45) is 9.20. The molecule has 2 N–H and O–H groups in total. The fourth-order valence-corrected chi connectivity index (χ4v) is 5.06. The van der Waals surface area contributed by atoms with Gasteiger partial charge in [0.2, 0.25) is 5.91 Å². The quantitative estimate of drug-likeness (QED) is 0.588. The lowest BCUT2D eigenvalue weighted by molar-refractivity contribution is -0.121. The van der Waals surface area contributed by atoms with Crippen LogP contribution >= 0.6 is 0 Å². The maximum Gasteiger partial charge on any atom is 0.220 e. The average Bonchev–Trinajstić information content (AvgIpc) is 2.76. The van der Waals surface area contributed by atoms with Gasteiger partial charge in [-0.05, 0) is 44.1 Å². The molecule has 1 saturated carbocycles. The number of rotatable bonds is 5. The van der Waals surface area contributed by atoms with Gasteiger partial charge in [0, 0.05) is 45.6 Å². The fourth-order valence-electron chi connectivity index (χ4n) is 5.06. The molecule has 160 valence electrons. The lowest BCUT2D eigenvalue weighted by Gasteiger charge is -2.40. The topological polar surface area (TPSA) is 56.7 Å². The van der Waals surface area contributed by atoms with Crippen molar-refractivity contribution in [2.45, 2.75) is 63.7 Å². The number of hydrogen-bond acceptors (Lipinski definition) is 2. The number of amides is 1. The minimum absolute atomic E-state index is 0.156. The van der Waals surface area contributed by atoms with Crippen LogP contribution in [0.4, 0.5) is 0 Å². The molecule has 0 radical (unpaired) electrons. The van der Waals surface area contributed by atoms with Crippen LogP contribution in [0.2, 0.25) is 0 Å². The van der Waals surface area contributed by atoms with E-state index in [0.717, 1.165) is 38.4 Å². The molecule has 0 unspecified atom stereocenters. The molecule has 3 rings (SSSR count). The SMILES string of the molecule is CN=C(NCC1(c2cccc(C)c2)CCCCC1)N1CCC(CC(=O)NC)CC1. The van der Waals surface area contributed by atoms with E-state index in [0.29, 0.717) is 12.3 Å². The third kappa shape index (κ3) is 5.52. The Morgan fingerprint density at radius 3 is 2.55 bits per heavy atom. The molecule has 2 aliphatic rings. The summed E-state index contributed by atoms with van der Waals surface area (Å²) < 4.78 is 0. The van der Waals surface area contributed by atoms with Crippen molar-refractivity contribution in [1.82, 2.24) is 15.5 Å². The second-order valence-electron chi connectivity index (χ2n) is 8.92. The van der Waals surface area contributed by atoms with Crippen LogP contribution < -0.4 is 10.6 Å². The summed E-state index contributed by atoms with van der Waals surface area (Å²) in [4.78, 5) is 18.6. The Labute approximate surface area is 176 Å². The van der Waals surface area contributed by atoms with Crippen molar-refractivity contribution in [1.29, 1.82) is 0 Å². The number of benzene rings is 1. The van der Waals surface area contributed by atoms with Crippen LogP contribution in [0, 0.1) is 12.8 Å². The van der Waals surface area contributed by atoms with E-state index in [4.69, 9.17) is 0 Å². The fraction of sp³-hybridized carbons (Fsp3) is 0.667. The Hall–Kier alpha value is -2.04. The summed E-state index contributed by atoms with van der Waals surface area (Å²) in [5.41, 5.74) is 3.03. The zero-order valence-electron chi connectivity index (χ0n) is 18.5. The highest BCUT2D eigenvalue weighted by atomic mass is 16.1. The molecule has 1 aliphatic carbocycles. The van der Waals surface area contributed by atoms with Crippen molar-refractivity contribution in [3.63, 3.8) is 0 Å². The highest BCUT2D eigenvalue weighted by molar-refractivity contribution is 5.80. The molecule has 1 aromatic rings. The number of aryl methyl sites for hydroxylation is 1. The summed E-state index contributed by atoms with van der Waals surface area (Å²) >= 11 is 0. The second-order valence-corrected chi connectivity index (χ2v) is 8.92. The number of nitrogens with zero attached hydrogens (tertiary/aromatic N) is 2. The van der Waals surface area contributed by atoms with E-state index >= 15 is 0 Å². The Morgan fingerprint density at radius 1 is 1.21 bits per heavy atom. The number of piperidine rings is 1. The van der Waals surface area contributed by atoms with Crippen LogP contribution in [-0.2, 0) is 10.2 Å². The van der Waals surface area contributed by atoms with E-state index in [2.05, 4.69) is 51.7 Å². The summed E-state index contributed by atoms with van der Waals surface area (Å²) in [6.45, 7) is 5.08. The molecule has 5 heteroatoms. The first-order valence-corrected chi connectivity index (χ1v) is 11.3. The van der Waals surface area contributed by atoms with Crippen molar-refractivity contribution in [2.24, 2.45) is 10.9 Å². The van der Waals surface area contributed by atoms with Gasteiger partial charge in [-0.15, -0.1) is 0 Å². The van der Waals surface area contributed by atoms with Crippen LogP contribution in [-0.4, -0.2) is 50.5 Å². The Bertz CT molecular complexity index is 701. The number of likely N-dealkylation sites (tertiary alicyclic amines) is 1. The molecule has 1 amide bonds. The zero-order chi connectivity index (χ0) is 20.7. The molecular formula is C24H38N4O. The van der Waals surface area contributed by atoms with Gasteiger partial charge in [0.1, 0.15) is 0 Å². The van der Waals surface area contributed by atoms with Crippen molar-refractivity contribution < 1.29 is 4.79 Å². The Morgan fingerprint density at radius 2 is 1.93 bits per heavy atom. The van der Waals surface area contributed by atoms with E-state index in [1.54, 1.807) is 7.05 Å². The van der Waals surface area contributed by atoms with Crippen molar-refractivity contribution in [3.05, 3.63) is 35.4 Å². The predicted octanol–water partition coefficient (Wildman–Crippen LogP) is 3.62. The number of aliphatic imine (C=N–C) groups is 1. The van der Waals surface area contributed by atoms with Gasteiger partial charge in [-0.25, -0.2) is 0 Å². The van der Waals surface area contributed by atoms with E-state index < -0.39 is 0 Å². The summed E-state index contributed by atoms with van der Waals surface area (Å²) in [7, 11) is 3.61. The van der Waals surface area contributed by atoms with Crippen LogP contribution in [0.25, 0.3) is 0 Å². The Kier molecular flexibility index (Phi) is 7.57. The molecule has 1 aliphatic heterocycles. The maximum absolute atomic E-state index is 11.7. The molecule has 0 atom stereocenters. The minimum Gasteiger partial charge on any atom is -0.359 e. The number of hydrogen-bond donors (Lipinski definition) is 2. The smallest absolute Gasteiger partial charge is 0.220 e. The number of carbonyl (C=O) groups is 1. The average molecular weight is 399 g/mol. The van der Waals surface area contributed by atoms with E-state index in [1.165, 1.54) is 43.2 Å². The molecule has 2 fully saturated rings. The van der Waals surface area contributed by atoms with Gasteiger partial charge in [-0.2, -0.15) is 0 Å². The molecular weight excluding hydrogens is 360 g/mol. The number of guanidine groups is 1. The van der Waals surface area contributed by atoms with E-state index in [1.807, 2.05) is 7.05 Å². The highest BCUT2D eigenvalue weighted by Crippen LogP contribution is 2.39. The third-order valence-corrected chi connectivity index (χ3v) is 6.90. The van der Waals surface area contributed by atoms with Crippen LogP contribution in [0.15, 0.2) is 29.3 Å². The van der Waals surface area contributed by atoms with Gasteiger partial charge < -0.3 is 15.5 Å². The van der Waals surface area contributed by atoms with Gasteiger partial charge >= 0.3 is 0 Å². The molecule has 1 saturated heterocycles. The summed E-state index contributed by atoms with van der Waals surface area (Å²) in [6, 6.07) is 9.08. The standard InChI is InChI=1S/C24H38N4O/c1-19-8-7-9-21(16-19)24(12-5-4-6-13-24)18-27-23(26-3)28-14-10-20(11-15-28)17-22(29)25-2/h7-9,16,20H,4-6,10-15,17-18H2,1-3H3,(H,25,29)(H,26,27). The monoisotopic (exact) mass is 398 g/mol. The minimum atomic E-state index is 0.156. The van der Waals surface area contributed by atoms with Crippen LogP contribution in [0.5, 0.6) is 0 Å². The van der Waals surface area contributed by atoms with Crippen LogP contribution in [0.1, 0.15) is 62.5 Å². The third-order valence-electron chi connectivity index (χ3n) is 6.90. The molecule has 0 aromatic heterocycles. The van der Waals surface area contributed by atoms with Gasteiger partial charge in [0.15, 0.2) is 5.96 Å². The molecule has 0 bridgehead atoms. The predicted molar refractivity (Wildman–Crippen MR) is 120 cm³/mol. The highest BCUT2D eigenvalue weighted by Gasteiger charge is 2.34. The van der Waals surface area contributed by atoms with Gasteiger partial charge in [-0.1, -0.05) is 49.1 Å². The lowest BCUT2D eigenvalue weighted by atomic mass is 9.69. The number of carbonyl (C=O) groups excluding carboxylic acids is 1. The molecule has 1 aromatic carbocycles. The normalized spacial score (nSPS) is 20.4.